The highest BCUT2D eigenvalue weighted by atomic mass is 28.3. The molecule has 0 saturated heterocycles. The van der Waals surface area contributed by atoms with Gasteiger partial charge in [-0.05, 0) is 86.5 Å². The van der Waals surface area contributed by atoms with Crippen molar-refractivity contribution in [1.82, 2.24) is 14.1 Å². The Labute approximate surface area is 244 Å². The molecule has 224 valence electrons. The van der Waals surface area contributed by atoms with Crippen LogP contribution in [0.4, 0.5) is 25.1 Å². The van der Waals surface area contributed by atoms with Crippen LogP contribution in [0.3, 0.4) is 0 Å². The van der Waals surface area contributed by atoms with Crippen molar-refractivity contribution >= 4 is 36.9 Å². The Hall–Kier alpha value is -2.94. The number of hydrogen-bond acceptors (Lipinski definition) is 4. The fourth-order valence-electron chi connectivity index (χ4n) is 7.20. The molecule has 1 amide bonds. The van der Waals surface area contributed by atoms with Crippen molar-refractivity contribution in [3.05, 3.63) is 53.2 Å². The van der Waals surface area contributed by atoms with E-state index in [4.69, 9.17) is 9.72 Å². The van der Waals surface area contributed by atoms with E-state index in [9.17, 15) is 13.6 Å². The maximum atomic E-state index is 14.0. The molecule has 0 spiro atoms. The molecule has 1 aromatic carbocycles. The van der Waals surface area contributed by atoms with Crippen LogP contribution in [0.25, 0.3) is 11.0 Å². The number of nitrogens with zero attached hydrogens (tertiary/aromatic N) is 3. The first-order valence-corrected chi connectivity index (χ1v) is 17.0. The van der Waals surface area contributed by atoms with Crippen LogP contribution in [0.15, 0.2) is 30.3 Å². The fourth-order valence-corrected chi connectivity index (χ4v) is 14.0. The van der Waals surface area contributed by atoms with Crippen LogP contribution in [0.2, 0.25) is 16.6 Å². The lowest BCUT2D eigenvalue weighted by atomic mass is 9.91. The van der Waals surface area contributed by atoms with Gasteiger partial charge in [-0.3, -0.25) is 0 Å². The third-order valence-electron chi connectivity index (χ3n) is 8.77. The minimum absolute atomic E-state index is 0.0182. The Morgan fingerprint density at radius 3 is 2.24 bits per heavy atom. The summed E-state index contributed by atoms with van der Waals surface area (Å²) in [6.45, 7) is 19.7. The van der Waals surface area contributed by atoms with Gasteiger partial charge < -0.3 is 19.2 Å². The molecule has 0 bridgehead atoms. The van der Waals surface area contributed by atoms with E-state index >= 15 is 0 Å². The van der Waals surface area contributed by atoms with E-state index in [-0.39, 0.29) is 12.1 Å². The summed E-state index contributed by atoms with van der Waals surface area (Å²) in [5, 5.41) is 4.28. The van der Waals surface area contributed by atoms with E-state index in [1.54, 1.807) is 4.90 Å². The Bertz CT molecular complexity index is 1410. The predicted octanol–water partition coefficient (Wildman–Crippen LogP) is 8.81. The fraction of sp³-hybridized carbons (Fsp3) is 0.562. The molecule has 1 unspecified atom stereocenters. The molecule has 3 aromatic rings. The van der Waals surface area contributed by atoms with Crippen molar-refractivity contribution in [2.24, 2.45) is 0 Å². The summed E-state index contributed by atoms with van der Waals surface area (Å²) < 4.78 is 35.8. The van der Waals surface area contributed by atoms with Gasteiger partial charge in [0.1, 0.15) is 17.1 Å². The zero-order valence-electron chi connectivity index (χ0n) is 26.2. The molecule has 6 nitrogen and oxygen atoms in total. The van der Waals surface area contributed by atoms with Gasteiger partial charge in [0.05, 0.1) is 0 Å². The molecule has 9 heteroatoms. The zero-order valence-corrected chi connectivity index (χ0v) is 27.2. The van der Waals surface area contributed by atoms with Crippen molar-refractivity contribution in [1.29, 1.82) is 0 Å². The second kappa shape index (κ2) is 11.4. The molecule has 1 aliphatic rings. The summed E-state index contributed by atoms with van der Waals surface area (Å²) in [4.78, 5) is 19.9. The van der Waals surface area contributed by atoms with Gasteiger partial charge >= 0.3 is 6.09 Å². The van der Waals surface area contributed by atoms with Crippen LogP contribution in [-0.2, 0) is 17.6 Å². The summed E-state index contributed by atoms with van der Waals surface area (Å²) in [6.07, 6.45) is 2.11. The molecule has 2 heterocycles. The standard InChI is InChI=1S/C32H46F2N4O2Si/c1-19(2)41(20(3)4,21(5)6)38-28-15-12-23(37(10)31(39)40-32(7,8)9)18-25(28)24-13-16-29(36-30(24)38)35-22-11-14-26(33)27(34)17-22/h11,13-14,16-17,19-21,23H,12,15,18H2,1-10H3,(H,35,36). The number of likely N-dealkylation sites (N-methyl/N-ethyl adjacent to an activating group) is 1. The molecule has 1 N–H and O–H groups in total. The first kappa shape index (κ1) is 31.0. The SMILES string of the molecule is CC(C)[Si](C(C)C)(C(C)C)n1c2c(c3ccc(Nc4ccc(F)c(F)c4)nc31)CC(N(C)C(=O)OC(C)(C)C)CC2. The summed E-state index contributed by atoms with van der Waals surface area (Å²) in [5.41, 5.74) is 4.76. The van der Waals surface area contributed by atoms with Crippen LogP contribution in [-0.4, -0.2) is 47.1 Å². The number of carbonyl (C=O) groups is 1. The molecule has 2 aromatic heterocycles. The molecule has 4 rings (SSSR count). The second-order valence-electron chi connectivity index (χ2n) is 13.4. The van der Waals surface area contributed by atoms with Crippen molar-refractivity contribution < 1.29 is 18.3 Å². The first-order valence-electron chi connectivity index (χ1n) is 14.8. The minimum Gasteiger partial charge on any atom is -0.444 e. The highest BCUT2D eigenvalue weighted by Crippen LogP contribution is 2.47. The van der Waals surface area contributed by atoms with Crippen molar-refractivity contribution in [2.75, 3.05) is 12.4 Å². The quantitative estimate of drug-likeness (QED) is 0.282. The molecule has 41 heavy (non-hydrogen) atoms. The summed E-state index contributed by atoms with van der Waals surface area (Å²) >= 11 is 0. The number of ether oxygens (including phenoxy) is 1. The highest BCUT2D eigenvalue weighted by Gasteiger charge is 2.48. The number of aromatic nitrogens is 2. The van der Waals surface area contributed by atoms with E-state index in [1.807, 2.05) is 33.9 Å². The van der Waals surface area contributed by atoms with E-state index in [0.29, 0.717) is 28.1 Å². The van der Waals surface area contributed by atoms with Gasteiger partial charge in [0.15, 0.2) is 19.9 Å². The normalized spacial score (nSPS) is 16.0. The average molecular weight is 585 g/mol. The Morgan fingerprint density at radius 1 is 1.05 bits per heavy atom. The number of halogens is 2. The zero-order chi connectivity index (χ0) is 30.4. The summed E-state index contributed by atoms with van der Waals surface area (Å²) in [7, 11) is -0.384. The summed E-state index contributed by atoms with van der Waals surface area (Å²) in [5.74, 6) is -1.20. The minimum atomic E-state index is -2.22. The Balaban J connectivity index is 1.87. The van der Waals surface area contributed by atoms with E-state index in [1.165, 1.54) is 17.3 Å². The van der Waals surface area contributed by atoms with Gasteiger partial charge in [0.2, 0.25) is 0 Å². The maximum Gasteiger partial charge on any atom is 0.410 e. The second-order valence-corrected chi connectivity index (χ2v) is 19.1. The van der Waals surface area contributed by atoms with Crippen LogP contribution in [0.1, 0.15) is 80.0 Å². The van der Waals surface area contributed by atoms with Crippen molar-refractivity contribution in [3.8, 4) is 0 Å². The first-order chi connectivity index (χ1) is 19.1. The number of carbonyl (C=O) groups excluding carboxylic acids is 1. The smallest absolute Gasteiger partial charge is 0.410 e. The molecule has 0 aliphatic heterocycles. The van der Waals surface area contributed by atoms with Gasteiger partial charge in [-0.15, -0.1) is 0 Å². The molecule has 0 radical (unpaired) electrons. The van der Waals surface area contributed by atoms with Crippen LogP contribution >= 0.6 is 0 Å². The van der Waals surface area contributed by atoms with Gasteiger partial charge in [0.25, 0.3) is 0 Å². The number of fused-ring (bicyclic) bond motifs is 3. The Morgan fingerprint density at radius 2 is 1.68 bits per heavy atom. The van der Waals surface area contributed by atoms with Gasteiger partial charge in [-0.1, -0.05) is 41.5 Å². The lowest BCUT2D eigenvalue weighted by molar-refractivity contribution is 0.0210. The van der Waals surface area contributed by atoms with Gasteiger partial charge in [0, 0.05) is 35.9 Å². The van der Waals surface area contributed by atoms with Gasteiger partial charge in [-0.25, -0.2) is 18.6 Å². The number of hydrogen-bond donors (Lipinski definition) is 1. The van der Waals surface area contributed by atoms with Crippen molar-refractivity contribution in [2.45, 2.75) is 110 Å². The maximum absolute atomic E-state index is 14.0. The summed E-state index contributed by atoms with van der Waals surface area (Å²) in [6, 6.07) is 7.80. The monoisotopic (exact) mass is 584 g/mol. The molecule has 1 atom stereocenters. The third-order valence-corrected chi connectivity index (χ3v) is 15.6. The predicted molar refractivity (Wildman–Crippen MR) is 166 cm³/mol. The third kappa shape index (κ3) is 5.74. The molecular weight excluding hydrogens is 538 g/mol. The highest BCUT2D eigenvalue weighted by molar-refractivity contribution is 6.82. The van der Waals surface area contributed by atoms with Crippen LogP contribution in [0.5, 0.6) is 0 Å². The number of benzene rings is 1. The van der Waals surface area contributed by atoms with E-state index in [2.05, 4.69) is 57.2 Å². The van der Waals surface area contributed by atoms with E-state index in [0.717, 1.165) is 42.4 Å². The number of nitrogens with one attached hydrogen (secondary N) is 1. The van der Waals surface area contributed by atoms with Crippen molar-refractivity contribution in [3.63, 3.8) is 0 Å². The molecule has 1 aliphatic carbocycles. The molecular formula is C32H46F2N4O2Si. The number of anilines is 2. The molecule has 0 saturated carbocycles. The molecule has 0 fully saturated rings. The topological polar surface area (TPSA) is 59.4 Å². The van der Waals surface area contributed by atoms with Gasteiger partial charge in [-0.2, -0.15) is 0 Å². The lowest BCUT2D eigenvalue weighted by Gasteiger charge is -2.46. The lowest BCUT2D eigenvalue weighted by Crippen LogP contribution is -2.53. The largest absolute Gasteiger partial charge is 0.444 e. The average Bonchev–Trinajstić information content (AvgIpc) is 3.17. The number of amides is 1. The Kier molecular flexibility index (Phi) is 8.61. The van der Waals surface area contributed by atoms with Crippen LogP contribution < -0.4 is 5.32 Å². The number of rotatable bonds is 7. The van der Waals surface area contributed by atoms with Crippen LogP contribution in [0, 0.1) is 11.6 Å². The number of pyridine rings is 1. The van der Waals surface area contributed by atoms with E-state index < -0.39 is 25.5 Å².